The highest BCUT2D eigenvalue weighted by Crippen LogP contribution is 2.40. The predicted octanol–water partition coefficient (Wildman–Crippen LogP) is 5.26. The van der Waals surface area contributed by atoms with Gasteiger partial charge in [0.05, 0.1) is 6.61 Å². The smallest absolute Gasteiger partial charge is 0.127 e. The second-order valence-corrected chi connectivity index (χ2v) is 6.78. The van der Waals surface area contributed by atoms with Gasteiger partial charge in [-0.3, -0.25) is 0 Å². The molecule has 1 atom stereocenters. The fourth-order valence-electron chi connectivity index (χ4n) is 2.57. The van der Waals surface area contributed by atoms with Gasteiger partial charge in [0.25, 0.3) is 0 Å². The third-order valence-electron chi connectivity index (χ3n) is 3.65. The number of fused-ring (bicyclic) bond motifs is 1. The van der Waals surface area contributed by atoms with Crippen LogP contribution in [-0.4, -0.2) is 6.61 Å². The van der Waals surface area contributed by atoms with E-state index in [9.17, 15) is 0 Å². The Morgan fingerprint density at radius 3 is 2.75 bits per heavy atom. The molecule has 0 fully saturated rings. The van der Waals surface area contributed by atoms with E-state index < -0.39 is 0 Å². The van der Waals surface area contributed by atoms with E-state index in [-0.39, 0.29) is 4.83 Å². The standard InChI is InChI=1S/C17H16BrClO/c1-11-2-4-12(5-3-11)8-16(18)15-10-14(19)9-13-6-7-20-17(13)15/h2-5,9-10,16H,6-8H2,1H3. The minimum absolute atomic E-state index is 0.218. The van der Waals surface area contributed by atoms with Crippen molar-refractivity contribution in [1.82, 2.24) is 0 Å². The SMILES string of the molecule is Cc1ccc(CC(Br)c2cc(Cl)cc3c2OCC3)cc1. The third kappa shape index (κ3) is 2.87. The van der Waals surface area contributed by atoms with Crippen molar-refractivity contribution in [3.8, 4) is 5.75 Å². The molecule has 2 aromatic carbocycles. The monoisotopic (exact) mass is 350 g/mol. The Kier molecular flexibility index (Phi) is 4.04. The third-order valence-corrected chi connectivity index (χ3v) is 4.69. The Bertz CT molecular complexity index is 622. The lowest BCUT2D eigenvalue weighted by atomic mass is 10.0. The summed E-state index contributed by atoms with van der Waals surface area (Å²) in [5.41, 5.74) is 4.97. The fourth-order valence-corrected chi connectivity index (χ4v) is 3.53. The van der Waals surface area contributed by atoms with Crippen LogP contribution in [0.2, 0.25) is 5.02 Å². The van der Waals surface area contributed by atoms with Crippen LogP contribution in [0.5, 0.6) is 5.75 Å². The molecule has 0 radical (unpaired) electrons. The number of ether oxygens (including phenoxy) is 1. The van der Waals surface area contributed by atoms with Crippen molar-refractivity contribution >= 4 is 27.5 Å². The molecule has 0 spiro atoms. The number of benzene rings is 2. The van der Waals surface area contributed by atoms with Crippen molar-refractivity contribution < 1.29 is 4.74 Å². The summed E-state index contributed by atoms with van der Waals surface area (Å²) in [6.45, 7) is 2.86. The van der Waals surface area contributed by atoms with Gasteiger partial charge in [0.15, 0.2) is 0 Å². The first kappa shape index (κ1) is 14.0. The molecule has 0 saturated carbocycles. The van der Waals surface area contributed by atoms with E-state index in [0.717, 1.165) is 35.8 Å². The molecule has 3 heteroatoms. The Balaban J connectivity index is 1.87. The maximum absolute atomic E-state index is 6.22. The minimum atomic E-state index is 0.218. The van der Waals surface area contributed by atoms with Crippen LogP contribution in [0.25, 0.3) is 0 Å². The van der Waals surface area contributed by atoms with Crippen molar-refractivity contribution in [3.63, 3.8) is 0 Å². The average molecular weight is 352 g/mol. The van der Waals surface area contributed by atoms with E-state index in [1.165, 1.54) is 16.7 Å². The molecule has 20 heavy (non-hydrogen) atoms. The van der Waals surface area contributed by atoms with Crippen molar-refractivity contribution in [1.29, 1.82) is 0 Å². The highest BCUT2D eigenvalue weighted by atomic mass is 79.9. The topological polar surface area (TPSA) is 9.23 Å². The van der Waals surface area contributed by atoms with Crippen molar-refractivity contribution in [3.05, 3.63) is 63.7 Å². The van der Waals surface area contributed by atoms with E-state index in [1.54, 1.807) is 0 Å². The van der Waals surface area contributed by atoms with Crippen LogP contribution >= 0.6 is 27.5 Å². The van der Waals surface area contributed by atoms with Gasteiger partial charge in [-0.1, -0.05) is 57.4 Å². The molecule has 0 aromatic heterocycles. The normalized spacial score (nSPS) is 14.8. The Labute approximate surface area is 133 Å². The quantitative estimate of drug-likeness (QED) is 0.685. The van der Waals surface area contributed by atoms with Gasteiger partial charge in [0.2, 0.25) is 0 Å². The number of hydrogen-bond acceptors (Lipinski definition) is 1. The lowest BCUT2D eigenvalue weighted by Crippen LogP contribution is -1.99. The molecular formula is C17H16BrClO. The van der Waals surface area contributed by atoms with Gasteiger partial charge in [-0.05, 0) is 36.6 Å². The summed E-state index contributed by atoms with van der Waals surface area (Å²) in [5.74, 6) is 1.02. The molecule has 2 aromatic rings. The van der Waals surface area contributed by atoms with Crippen molar-refractivity contribution in [2.75, 3.05) is 6.61 Å². The molecule has 104 valence electrons. The largest absolute Gasteiger partial charge is 0.493 e. The first-order valence-electron chi connectivity index (χ1n) is 6.78. The molecule has 0 amide bonds. The van der Waals surface area contributed by atoms with Gasteiger partial charge in [0, 0.05) is 21.8 Å². The highest BCUT2D eigenvalue weighted by Gasteiger charge is 2.22. The number of aryl methyl sites for hydroxylation is 1. The van der Waals surface area contributed by atoms with E-state index in [4.69, 9.17) is 16.3 Å². The van der Waals surface area contributed by atoms with E-state index in [2.05, 4.69) is 47.1 Å². The summed E-state index contributed by atoms with van der Waals surface area (Å²) >= 11 is 10.0. The summed E-state index contributed by atoms with van der Waals surface area (Å²) in [4.78, 5) is 0.218. The van der Waals surface area contributed by atoms with Gasteiger partial charge in [-0.15, -0.1) is 0 Å². The van der Waals surface area contributed by atoms with Gasteiger partial charge in [-0.25, -0.2) is 0 Å². The number of hydrogen-bond donors (Lipinski definition) is 0. The molecule has 1 nitrogen and oxygen atoms in total. The summed E-state index contributed by atoms with van der Waals surface area (Å²) in [5, 5.41) is 0.789. The molecule has 1 aliphatic rings. The highest BCUT2D eigenvalue weighted by molar-refractivity contribution is 9.09. The zero-order chi connectivity index (χ0) is 14.1. The van der Waals surface area contributed by atoms with E-state index >= 15 is 0 Å². The summed E-state index contributed by atoms with van der Waals surface area (Å²) < 4.78 is 5.77. The second-order valence-electron chi connectivity index (χ2n) is 5.24. The van der Waals surface area contributed by atoms with Crippen LogP contribution in [0.1, 0.15) is 27.1 Å². The molecule has 1 unspecified atom stereocenters. The van der Waals surface area contributed by atoms with Gasteiger partial charge >= 0.3 is 0 Å². The molecular weight excluding hydrogens is 336 g/mol. The van der Waals surface area contributed by atoms with Crippen LogP contribution in [0, 0.1) is 6.92 Å². The number of halogens is 2. The van der Waals surface area contributed by atoms with Gasteiger partial charge < -0.3 is 4.74 Å². The number of alkyl halides is 1. The first-order valence-corrected chi connectivity index (χ1v) is 8.07. The van der Waals surface area contributed by atoms with Crippen LogP contribution in [0.15, 0.2) is 36.4 Å². The van der Waals surface area contributed by atoms with Gasteiger partial charge in [0.1, 0.15) is 5.75 Å². The molecule has 3 rings (SSSR count). The fraction of sp³-hybridized carbons (Fsp3) is 0.294. The Morgan fingerprint density at radius 1 is 1.25 bits per heavy atom. The summed E-state index contributed by atoms with van der Waals surface area (Å²) in [7, 11) is 0. The maximum Gasteiger partial charge on any atom is 0.127 e. The molecule has 1 aliphatic heterocycles. The molecule has 0 saturated heterocycles. The second kappa shape index (κ2) is 5.79. The van der Waals surface area contributed by atoms with Crippen LogP contribution in [0.3, 0.4) is 0 Å². The average Bonchev–Trinajstić information content (AvgIpc) is 2.88. The predicted molar refractivity (Wildman–Crippen MR) is 87.2 cm³/mol. The zero-order valence-electron chi connectivity index (χ0n) is 11.3. The summed E-state index contributed by atoms with van der Waals surface area (Å²) in [6, 6.07) is 12.7. The maximum atomic E-state index is 6.22. The minimum Gasteiger partial charge on any atom is -0.493 e. The lowest BCUT2D eigenvalue weighted by molar-refractivity contribution is 0.353. The van der Waals surface area contributed by atoms with Crippen molar-refractivity contribution in [2.24, 2.45) is 0 Å². The number of rotatable bonds is 3. The Hall–Kier alpha value is -0.990. The van der Waals surface area contributed by atoms with Gasteiger partial charge in [-0.2, -0.15) is 0 Å². The first-order chi connectivity index (χ1) is 9.63. The van der Waals surface area contributed by atoms with E-state index in [1.807, 2.05) is 12.1 Å². The lowest BCUT2D eigenvalue weighted by Gasteiger charge is -2.15. The molecule has 1 heterocycles. The molecule has 0 N–H and O–H groups in total. The zero-order valence-corrected chi connectivity index (χ0v) is 13.7. The van der Waals surface area contributed by atoms with Crippen LogP contribution in [0.4, 0.5) is 0 Å². The molecule has 0 aliphatic carbocycles. The Morgan fingerprint density at radius 2 is 2.00 bits per heavy atom. The van der Waals surface area contributed by atoms with Crippen molar-refractivity contribution in [2.45, 2.75) is 24.6 Å². The van der Waals surface area contributed by atoms with E-state index in [0.29, 0.717) is 0 Å². The molecule has 0 bridgehead atoms. The van der Waals surface area contributed by atoms with Crippen LogP contribution < -0.4 is 4.74 Å². The van der Waals surface area contributed by atoms with Crippen LogP contribution in [-0.2, 0) is 12.8 Å². The summed E-state index contributed by atoms with van der Waals surface area (Å²) in [6.07, 6.45) is 1.88.